The van der Waals surface area contributed by atoms with Crippen molar-refractivity contribution in [3.05, 3.63) is 57.8 Å². The molecule has 0 amide bonds. The van der Waals surface area contributed by atoms with Gasteiger partial charge in [0.2, 0.25) is 0 Å². The van der Waals surface area contributed by atoms with Crippen LogP contribution in [-0.2, 0) is 0 Å². The fraction of sp³-hybridized carbons (Fsp3) is 0.286. The number of hydrogen-bond acceptors (Lipinski definition) is 2. The molecule has 0 aliphatic heterocycles. The van der Waals surface area contributed by atoms with Crippen molar-refractivity contribution >= 4 is 11.3 Å². The van der Waals surface area contributed by atoms with Gasteiger partial charge >= 0.3 is 0 Å². The van der Waals surface area contributed by atoms with E-state index in [-0.39, 0.29) is 0 Å². The van der Waals surface area contributed by atoms with Gasteiger partial charge in [-0.05, 0) is 39.4 Å². The topological polar surface area (TPSA) is 20.2 Å². The third kappa shape index (κ3) is 2.34. The highest BCUT2D eigenvalue weighted by molar-refractivity contribution is 7.07. The standard InChI is InChI=1S/C14H16OS/c1-10(2)11-3-5-12(6-4-11)14(15)13-7-8-16-9-13/h3-10,14-15H,1-2H3. The van der Waals surface area contributed by atoms with Crippen molar-refractivity contribution in [2.75, 3.05) is 0 Å². The summed E-state index contributed by atoms with van der Waals surface area (Å²) in [6.45, 7) is 4.34. The lowest BCUT2D eigenvalue weighted by Crippen LogP contribution is -1.98. The summed E-state index contributed by atoms with van der Waals surface area (Å²) in [6, 6.07) is 10.2. The van der Waals surface area contributed by atoms with Gasteiger partial charge in [-0.25, -0.2) is 0 Å². The first-order chi connectivity index (χ1) is 7.68. The van der Waals surface area contributed by atoms with E-state index in [4.69, 9.17) is 0 Å². The van der Waals surface area contributed by atoms with Gasteiger partial charge in [0.15, 0.2) is 0 Å². The van der Waals surface area contributed by atoms with Gasteiger partial charge in [0.25, 0.3) is 0 Å². The minimum atomic E-state index is -0.493. The lowest BCUT2D eigenvalue weighted by atomic mass is 9.98. The SMILES string of the molecule is CC(C)c1ccc(C(O)c2ccsc2)cc1. The predicted octanol–water partition coefficient (Wildman–Crippen LogP) is 3.95. The maximum Gasteiger partial charge on any atom is 0.105 e. The molecule has 1 heterocycles. The van der Waals surface area contributed by atoms with Gasteiger partial charge in [-0.2, -0.15) is 11.3 Å². The smallest absolute Gasteiger partial charge is 0.105 e. The van der Waals surface area contributed by atoms with Gasteiger partial charge in [-0.3, -0.25) is 0 Å². The molecular formula is C14H16OS. The molecule has 0 spiro atoms. The zero-order valence-corrected chi connectivity index (χ0v) is 10.4. The molecule has 2 aromatic rings. The van der Waals surface area contributed by atoms with Crippen LogP contribution in [0, 0.1) is 0 Å². The molecule has 2 rings (SSSR count). The van der Waals surface area contributed by atoms with Crippen molar-refractivity contribution in [2.24, 2.45) is 0 Å². The number of rotatable bonds is 3. The summed E-state index contributed by atoms with van der Waals surface area (Å²) in [7, 11) is 0. The Morgan fingerprint density at radius 3 is 2.06 bits per heavy atom. The molecule has 0 aliphatic rings. The van der Waals surface area contributed by atoms with Crippen LogP contribution in [0.3, 0.4) is 0 Å². The molecule has 1 atom stereocenters. The Morgan fingerprint density at radius 1 is 0.938 bits per heavy atom. The van der Waals surface area contributed by atoms with Crippen LogP contribution < -0.4 is 0 Å². The number of aliphatic hydroxyl groups is 1. The zero-order valence-electron chi connectivity index (χ0n) is 9.55. The van der Waals surface area contributed by atoms with E-state index in [1.54, 1.807) is 11.3 Å². The van der Waals surface area contributed by atoms with E-state index in [9.17, 15) is 5.11 Å². The molecule has 0 saturated heterocycles. The molecule has 1 N–H and O–H groups in total. The van der Waals surface area contributed by atoms with Crippen LogP contribution in [-0.4, -0.2) is 5.11 Å². The molecule has 0 aliphatic carbocycles. The Labute approximate surface area is 100 Å². The first-order valence-electron chi connectivity index (χ1n) is 5.48. The van der Waals surface area contributed by atoms with Crippen molar-refractivity contribution < 1.29 is 5.11 Å². The number of benzene rings is 1. The minimum absolute atomic E-state index is 0.493. The average molecular weight is 232 g/mol. The second kappa shape index (κ2) is 4.81. The Hall–Kier alpha value is -1.12. The van der Waals surface area contributed by atoms with Crippen molar-refractivity contribution in [3.63, 3.8) is 0 Å². The molecule has 0 radical (unpaired) electrons. The normalized spacial score (nSPS) is 13.0. The highest BCUT2D eigenvalue weighted by Crippen LogP contribution is 2.25. The number of hydrogen-bond donors (Lipinski definition) is 1. The Balaban J connectivity index is 2.22. The van der Waals surface area contributed by atoms with Gasteiger partial charge in [0.1, 0.15) is 6.10 Å². The first-order valence-corrected chi connectivity index (χ1v) is 6.43. The molecule has 1 aromatic heterocycles. The number of thiophene rings is 1. The molecule has 84 valence electrons. The van der Waals surface area contributed by atoms with Crippen LogP contribution in [0.15, 0.2) is 41.1 Å². The maximum atomic E-state index is 10.1. The summed E-state index contributed by atoms with van der Waals surface area (Å²) >= 11 is 1.61. The maximum absolute atomic E-state index is 10.1. The summed E-state index contributed by atoms with van der Waals surface area (Å²) in [5.41, 5.74) is 3.24. The van der Waals surface area contributed by atoms with Crippen molar-refractivity contribution in [1.82, 2.24) is 0 Å². The third-order valence-corrected chi connectivity index (χ3v) is 3.48. The van der Waals surface area contributed by atoms with Gasteiger partial charge in [-0.1, -0.05) is 38.1 Å². The fourth-order valence-corrected chi connectivity index (χ4v) is 2.37. The highest BCUT2D eigenvalue weighted by atomic mass is 32.1. The van der Waals surface area contributed by atoms with E-state index < -0.39 is 6.10 Å². The lowest BCUT2D eigenvalue weighted by molar-refractivity contribution is 0.221. The van der Waals surface area contributed by atoms with Crippen LogP contribution >= 0.6 is 11.3 Å². The molecule has 0 fully saturated rings. The summed E-state index contributed by atoms with van der Waals surface area (Å²) in [5, 5.41) is 14.1. The average Bonchev–Trinajstić information content (AvgIpc) is 2.81. The van der Waals surface area contributed by atoms with E-state index in [0.29, 0.717) is 5.92 Å². The van der Waals surface area contributed by atoms with Gasteiger partial charge in [0.05, 0.1) is 0 Å². The zero-order chi connectivity index (χ0) is 11.5. The summed E-state index contributed by atoms with van der Waals surface area (Å²) < 4.78 is 0. The van der Waals surface area contributed by atoms with Crippen LogP contribution in [0.4, 0.5) is 0 Å². The second-order valence-corrected chi connectivity index (χ2v) is 5.06. The van der Waals surface area contributed by atoms with Crippen LogP contribution in [0.1, 0.15) is 42.6 Å². The van der Waals surface area contributed by atoms with E-state index in [1.165, 1.54) is 5.56 Å². The molecule has 0 saturated carbocycles. The van der Waals surface area contributed by atoms with E-state index in [1.807, 2.05) is 29.0 Å². The van der Waals surface area contributed by atoms with E-state index >= 15 is 0 Å². The highest BCUT2D eigenvalue weighted by Gasteiger charge is 2.10. The molecule has 0 bridgehead atoms. The quantitative estimate of drug-likeness (QED) is 0.849. The predicted molar refractivity (Wildman–Crippen MR) is 68.9 cm³/mol. The summed E-state index contributed by atoms with van der Waals surface area (Å²) in [6.07, 6.45) is -0.493. The number of aliphatic hydroxyl groups excluding tert-OH is 1. The van der Waals surface area contributed by atoms with Crippen LogP contribution in [0.2, 0.25) is 0 Å². The first kappa shape index (κ1) is 11.4. The van der Waals surface area contributed by atoms with Gasteiger partial charge < -0.3 is 5.11 Å². The summed E-state index contributed by atoms with van der Waals surface area (Å²) in [5.74, 6) is 0.535. The van der Waals surface area contributed by atoms with Gasteiger partial charge in [0, 0.05) is 0 Å². The summed E-state index contributed by atoms with van der Waals surface area (Å²) in [4.78, 5) is 0. The van der Waals surface area contributed by atoms with E-state index in [0.717, 1.165) is 11.1 Å². The largest absolute Gasteiger partial charge is 0.384 e. The molecule has 16 heavy (non-hydrogen) atoms. The Morgan fingerprint density at radius 2 is 1.56 bits per heavy atom. The van der Waals surface area contributed by atoms with Crippen LogP contribution in [0.25, 0.3) is 0 Å². The third-order valence-electron chi connectivity index (χ3n) is 2.78. The molecule has 1 unspecified atom stereocenters. The van der Waals surface area contributed by atoms with Crippen molar-refractivity contribution in [3.8, 4) is 0 Å². The molecular weight excluding hydrogens is 216 g/mol. The van der Waals surface area contributed by atoms with Crippen molar-refractivity contribution in [1.29, 1.82) is 0 Å². The molecule has 2 heteroatoms. The molecule has 1 nitrogen and oxygen atoms in total. The Kier molecular flexibility index (Phi) is 3.42. The monoisotopic (exact) mass is 232 g/mol. The Bertz CT molecular complexity index is 428. The lowest BCUT2D eigenvalue weighted by Gasteiger charge is -2.11. The van der Waals surface area contributed by atoms with Crippen LogP contribution in [0.5, 0.6) is 0 Å². The van der Waals surface area contributed by atoms with E-state index in [2.05, 4.69) is 26.0 Å². The second-order valence-electron chi connectivity index (χ2n) is 4.28. The van der Waals surface area contributed by atoms with Gasteiger partial charge in [-0.15, -0.1) is 0 Å². The minimum Gasteiger partial charge on any atom is -0.384 e. The fourth-order valence-electron chi connectivity index (χ4n) is 1.69. The van der Waals surface area contributed by atoms with Crippen molar-refractivity contribution in [2.45, 2.75) is 25.9 Å². The molecule has 1 aromatic carbocycles.